The monoisotopic (exact) mass is 231 g/mol. The van der Waals surface area contributed by atoms with E-state index in [0.717, 1.165) is 4.90 Å². The van der Waals surface area contributed by atoms with E-state index in [0.29, 0.717) is 11.4 Å². The van der Waals surface area contributed by atoms with Crippen molar-refractivity contribution in [3.63, 3.8) is 0 Å². The molecule has 0 spiro atoms. The summed E-state index contributed by atoms with van der Waals surface area (Å²) in [6, 6.07) is 5.54. The number of nitrogens with two attached hydrogens (primary N) is 1. The molecule has 0 bridgehead atoms. The van der Waals surface area contributed by atoms with Crippen LogP contribution in [0.3, 0.4) is 0 Å². The Labute approximate surface area is 96.7 Å². The van der Waals surface area contributed by atoms with Crippen molar-refractivity contribution in [2.24, 2.45) is 5.73 Å². The Hall–Kier alpha value is -2.63. The van der Waals surface area contributed by atoms with Crippen LogP contribution in [-0.4, -0.2) is 17.8 Å². The Morgan fingerprint density at radius 1 is 1.06 bits per heavy atom. The molecule has 3 N–H and O–H groups in total. The second-order valence-electron chi connectivity index (χ2n) is 3.38. The first-order chi connectivity index (χ1) is 8.08. The fourth-order valence-electron chi connectivity index (χ4n) is 1.49. The van der Waals surface area contributed by atoms with Gasteiger partial charge in [0.15, 0.2) is 0 Å². The fourth-order valence-corrected chi connectivity index (χ4v) is 1.49. The Balaban J connectivity index is 2.21. The predicted octanol–water partition coefficient (Wildman–Crippen LogP) is 0.607. The van der Waals surface area contributed by atoms with E-state index in [1.807, 2.05) is 0 Å². The lowest BCUT2D eigenvalue weighted by molar-refractivity contribution is -0.119. The van der Waals surface area contributed by atoms with Gasteiger partial charge in [0, 0.05) is 17.8 Å². The first-order valence-corrected chi connectivity index (χ1v) is 4.80. The number of benzene rings is 1. The highest BCUT2D eigenvalue weighted by Gasteiger charge is 2.24. The first-order valence-electron chi connectivity index (χ1n) is 4.80. The van der Waals surface area contributed by atoms with Crippen LogP contribution in [-0.2, 0) is 9.59 Å². The Morgan fingerprint density at radius 2 is 1.59 bits per heavy atom. The van der Waals surface area contributed by atoms with Crippen molar-refractivity contribution in [3.05, 3.63) is 36.4 Å². The highest BCUT2D eigenvalue weighted by Crippen LogP contribution is 2.21. The third-order valence-electron chi connectivity index (χ3n) is 2.20. The third-order valence-corrected chi connectivity index (χ3v) is 2.20. The number of anilines is 2. The molecule has 6 heteroatoms. The van der Waals surface area contributed by atoms with E-state index in [2.05, 4.69) is 5.32 Å². The van der Waals surface area contributed by atoms with Gasteiger partial charge < -0.3 is 11.1 Å². The molecule has 86 valence electrons. The van der Waals surface area contributed by atoms with Crippen LogP contribution in [0, 0.1) is 0 Å². The number of nitrogens with zero attached hydrogens (tertiary/aromatic N) is 1. The number of carbonyl (C=O) groups excluding carboxylic acids is 3. The molecule has 1 aromatic rings. The Kier molecular flexibility index (Phi) is 2.61. The molecule has 1 aliphatic rings. The lowest BCUT2D eigenvalue weighted by Crippen LogP contribution is -2.29. The first kappa shape index (κ1) is 10.9. The van der Waals surface area contributed by atoms with E-state index in [-0.39, 0.29) is 11.8 Å². The molecular formula is C11H9N3O3. The topological polar surface area (TPSA) is 92.5 Å². The molecule has 0 aliphatic carbocycles. The number of nitrogens with one attached hydrogen (secondary N) is 1. The van der Waals surface area contributed by atoms with E-state index in [4.69, 9.17) is 5.73 Å². The molecule has 0 saturated carbocycles. The summed E-state index contributed by atoms with van der Waals surface area (Å²) in [5.41, 5.74) is 5.89. The highest BCUT2D eigenvalue weighted by atomic mass is 16.2. The fraction of sp³-hybridized carbons (Fsp3) is 0. The maximum absolute atomic E-state index is 11.4. The largest absolute Gasteiger partial charge is 0.351 e. The minimum Gasteiger partial charge on any atom is -0.351 e. The molecule has 17 heavy (non-hydrogen) atoms. The smallest absolute Gasteiger partial charge is 0.316 e. The molecule has 0 radical (unpaired) electrons. The average molecular weight is 231 g/mol. The molecule has 6 nitrogen and oxygen atoms in total. The third kappa shape index (κ3) is 2.15. The Morgan fingerprint density at radius 3 is 2.06 bits per heavy atom. The van der Waals surface area contributed by atoms with Gasteiger partial charge in [-0.1, -0.05) is 0 Å². The lowest BCUT2D eigenvalue weighted by atomic mass is 10.2. The van der Waals surface area contributed by atoms with E-state index in [1.165, 1.54) is 12.2 Å². The predicted molar refractivity (Wildman–Crippen MR) is 61.3 cm³/mol. The summed E-state index contributed by atoms with van der Waals surface area (Å²) in [6.45, 7) is 0. The van der Waals surface area contributed by atoms with Gasteiger partial charge in [-0.3, -0.25) is 9.59 Å². The van der Waals surface area contributed by atoms with Crippen LogP contribution < -0.4 is 16.0 Å². The van der Waals surface area contributed by atoms with Crippen molar-refractivity contribution in [2.75, 3.05) is 10.2 Å². The Bertz CT molecular complexity index is 501. The van der Waals surface area contributed by atoms with Crippen molar-refractivity contribution in [1.82, 2.24) is 0 Å². The van der Waals surface area contributed by atoms with E-state index in [9.17, 15) is 14.4 Å². The van der Waals surface area contributed by atoms with Crippen LogP contribution in [0.4, 0.5) is 16.2 Å². The van der Waals surface area contributed by atoms with E-state index < -0.39 is 6.03 Å². The van der Waals surface area contributed by atoms with Gasteiger partial charge in [0.05, 0.1) is 5.69 Å². The molecule has 0 unspecified atom stereocenters. The highest BCUT2D eigenvalue weighted by molar-refractivity contribution is 6.28. The minimum absolute atomic E-state index is 0.384. The average Bonchev–Trinajstić information content (AvgIpc) is 2.59. The molecule has 2 rings (SSSR count). The van der Waals surface area contributed by atoms with Crippen molar-refractivity contribution >= 4 is 29.2 Å². The summed E-state index contributed by atoms with van der Waals surface area (Å²) in [5, 5.41) is 2.38. The van der Waals surface area contributed by atoms with Crippen molar-refractivity contribution in [3.8, 4) is 0 Å². The quantitative estimate of drug-likeness (QED) is 0.730. The van der Waals surface area contributed by atoms with Crippen LogP contribution in [0.25, 0.3) is 0 Å². The van der Waals surface area contributed by atoms with Gasteiger partial charge in [0.2, 0.25) is 0 Å². The maximum atomic E-state index is 11.4. The standard InChI is InChI=1S/C11H9N3O3/c12-11(17)13-7-1-3-8(4-2-7)14-9(15)5-6-10(14)16/h1-6H,(H3,12,13,17). The molecule has 0 saturated heterocycles. The summed E-state index contributed by atoms with van der Waals surface area (Å²) in [5.74, 6) is -0.767. The van der Waals surface area contributed by atoms with Gasteiger partial charge in [-0.25, -0.2) is 9.69 Å². The maximum Gasteiger partial charge on any atom is 0.316 e. The number of primary amides is 1. The molecule has 0 aromatic heterocycles. The molecule has 1 aliphatic heterocycles. The molecule has 4 amide bonds. The van der Waals surface area contributed by atoms with Gasteiger partial charge in [0.1, 0.15) is 0 Å². The summed E-state index contributed by atoms with van der Waals surface area (Å²) in [6.07, 6.45) is 2.41. The summed E-state index contributed by atoms with van der Waals surface area (Å²) >= 11 is 0. The molecule has 1 aromatic carbocycles. The molecule has 0 atom stereocenters. The molecule has 0 fully saturated rings. The van der Waals surface area contributed by atoms with Crippen LogP contribution in [0.1, 0.15) is 0 Å². The zero-order chi connectivity index (χ0) is 12.4. The molecule has 1 heterocycles. The second kappa shape index (κ2) is 4.09. The van der Waals surface area contributed by atoms with E-state index >= 15 is 0 Å². The summed E-state index contributed by atoms with van der Waals surface area (Å²) < 4.78 is 0. The van der Waals surface area contributed by atoms with Crippen molar-refractivity contribution in [2.45, 2.75) is 0 Å². The van der Waals surface area contributed by atoms with Crippen LogP contribution in [0.5, 0.6) is 0 Å². The van der Waals surface area contributed by atoms with Crippen LogP contribution >= 0.6 is 0 Å². The summed E-state index contributed by atoms with van der Waals surface area (Å²) in [4.78, 5) is 34.4. The van der Waals surface area contributed by atoms with Gasteiger partial charge in [-0.15, -0.1) is 0 Å². The van der Waals surface area contributed by atoms with Crippen LogP contribution in [0.2, 0.25) is 0 Å². The van der Waals surface area contributed by atoms with Gasteiger partial charge in [0.25, 0.3) is 11.8 Å². The number of carbonyl (C=O) groups is 3. The van der Waals surface area contributed by atoms with E-state index in [1.54, 1.807) is 24.3 Å². The van der Waals surface area contributed by atoms with Crippen molar-refractivity contribution < 1.29 is 14.4 Å². The second-order valence-corrected chi connectivity index (χ2v) is 3.38. The lowest BCUT2D eigenvalue weighted by Gasteiger charge is -2.14. The summed E-state index contributed by atoms with van der Waals surface area (Å²) in [7, 11) is 0. The number of hydrogen-bond donors (Lipinski definition) is 2. The normalized spacial score (nSPS) is 14.2. The number of amides is 4. The number of hydrogen-bond acceptors (Lipinski definition) is 3. The van der Waals surface area contributed by atoms with Gasteiger partial charge >= 0.3 is 6.03 Å². The van der Waals surface area contributed by atoms with Crippen molar-refractivity contribution in [1.29, 1.82) is 0 Å². The minimum atomic E-state index is -0.673. The van der Waals surface area contributed by atoms with Gasteiger partial charge in [-0.05, 0) is 24.3 Å². The number of urea groups is 1. The number of imide groups is 1. The molecular weight excluding hydrogens is 222 g/mol. The number of rotatable bonds is 2. The SMILES string of the molecule is NC(=O)Nc1ccc(N2C(=O)C=CC2=O)cc1. The zero-order valence-electron chi connectivity index (χ0n) is 8.71. The zero-order valence-corrected chi connectivity index (χ0v) is 8.71. The van der Waals surface area contributed by atoms with Crippen LogP contribution in [0.15, 0.2) is 36.4 Å². The van der Waals surface area contributed by atoms with Gasteiger partial charge in [-0.2, -0.15) is 0 Å².